The highest BCUT2D eigenvalue weighted by Crippen LogP contribution is 2.26. The van der Waals surface area contributed by atoms with Gasteiger partial charge in [-0.05, 0) is 6.92 Å². The molecule has 1 rings (SSSR count). The molecular weight excluding hydrogens is 186 g/mol. The fraction of sp³-hybridized carbons (Fsp3) is 0.778. The lowest BCUT2D eigenvalue weighted by Gasteiger charge is -2.06. The van der Waals surface area contributed by atoms with Gasteiger partial charge in [-0.2, -0.15) is 0 Å². The number of methoxy groups -OCH3 is 1. The van der Waals surface area contributed by atoms with Crippen LogP contribution in [0.25, 0.3) is 0 Å². The highest BCUT2D eigenvalue weighted by atomic mass is 16.6. The van der Waals surface area contributed by atoms with E-state index in [2.05, 4.69) is 5.32 Å². The van der Waals surface area contributed by atoms with Gasteiger partial charge in [0, 0.05) is 13.5 Å². The first-order chi connectivity index (χ1) is 6.58. The monoisotopic (exact) mass is 201 g/mol. The third kappa shape index (κ3) is 3.08. The topological polar surface area (TPSA) is 67.9 Å². The van der Waals surface area contributed by atoms with Crippen molar-refractivity contribution in [1.82, 2.24) is 5.32 Å². The van der Waals surface area contributed by atoms with E-state index in [1.54, 1.807) is 6.92 Å². The first-order valence-corrected chi connectivity index (χ1v) is 4.51. The minimum atomic E-state index is -0.644. The molecule has 0 radical (unpaired) electrons. The molecule has 1 amide bonds. The molecule has 1 fully saturated rings. The third-order valence-electron chi connectivity index (χ3n) is 2.15. The van der Waals surface area contributed by atoms with Crippen molar-refractivity contribution in [2.45, 2.75) is 18.9 Å². The maximum absolute atomic E-state index is 11.3. The Balaban J connectivity index is 2.13. The Kier molecular flexibility index (Phi) is 3.60. The molecule has 0 aromatic carbocycles. The molecule has 5 heteroatoms. The number of hydrogen-bond donors (Lipinski definition) is 1. The molecule has 0 spiro atoms. The number of Topliss-reactive ketones (excluding diaryl/α,β-unsaturated/α-hetero) is 1. The van der Waals surface area contributed by atoms with E-state index in [0.29, 0.717) is 13.2 Å². The first-order valence-electron chi connectivity index (χ1n) is 4.51. The van der Waals surface area contributed by atoms with E-state index in [0.717, 1.165) is 0 Å². The van der Waals surface area contributed by atoms with E-state index in [1.807, 2.05) is 0 Å². The van der Waals surface area contributed by atoms with E-state index in [-0.39, 0.29) is 24.7 Å². The first kappa shape index (κ1) is 11.1. The molecule has 1 atom stereocenters. The maximum atomic E-state index is 11.3. The SMILES string of the molecule is COCCC(=O)NCC(=O)C1(C)CO1. The Morgan fingerprint density at radius 2 is 2.21 bits per heavy atom. The van der Waals surface area contributed by atoms with Crippen LogP contribution in [0.1, 0.15) is 13.3 Å². The molecule has 0 aromatic heterocycles. The highest BCUT2D eigenvalue weighted by Gasteiger charge is 2.46. The van der Waals surface area contributed by atoms with Crippen molar-refractivity contribution >= 4 is 11.7 Å². The second-order valence-electron chi connectivity index (χ2n) is 3.46. The molecule has 1 N–H and O–H groups in total. The summed E-state index contributed by atoms with van der Waals surface area (Å²) in [7, 11) is 1.53. The van der Waals surface area contributed by atoms with Gasteiger partial charge in [-0.25, -0.2) is 0 Å². The van der Waals surface area contributed by atoms with Crippen LogP contribution < -0.4 is 5.32 Å². The van der Waals surface area contributed by atoms with Gasteiger partial charge in [-0.3, -0.25) is 9.59 Å². The van der Waals surface area contributed by atoms with Crippen LogP contribution in [-0.2, 0) is 19.1 Å². The van der Waals surface area contributed by atoms with E-state index < -0.39 is 5.60 Å². The third-order valence-corrected chi connectivity index (χ3v) is 2.15. The van der Waals surface area contributed by atoms with E-state index >= 15 is 0 Å². The zero-order chi connectivity index (χ0) is 10.6. The van der Waals surface area contributed by atoms with Crippen LogP contribution in [0.2, 0.25) is 0 Å². The number of nitrogens with one attached hydrogen (secondary N) is 1. The van der Waals surface area contributed by atoms with Crippen molar-refractivity contribution in [1.29, 1.82) is 0 Å². The van der Waals surface area contributed by atoms with Gasteiger partial charge in [0.05, 0.1) is 19.8 Å². The highest BCUT2D eigenvalue weighted by molar-refractivity contribution is 5.93. The molecule has 0 bridgehead atoms. The molecule has 0 aromatic rings. The molecule has 1 unspecified atom stereocenters. The van der Waals surface area contributed by atoms with Crippen LogP contribution in [0.4, 0.5) is 0 Å². The van der Waals surface area contributed by atoms with E-state index in [9.17, 15) is 9.59 Å². The number of hydrogen-bond acceptors (Lipinski definition) is 4. The molecule has 0 saturated carbocycles. The summed E-state index contributed by atoms with van der Waals surface area (Å²) < 4.78 is 9.67. The van der Waals surface area contributed by atoms with Crippen LogP contribution in [0, 0.1) is 0 Å². The Bertz CT molecular complexity index is 235. The normalized spacial score (nSPS) is 24.4. The Hall–Kier alpha value is -0.940. The minimum absolute atomic E-state index is 0.0407. The number of ketones is 1. The standard InChI is InChI=1S/C9H15NO4/c1-9(6-14-9)7(11)5-10-8(12)3-4-13-2/h3-6H2,1-2H3,(H,10,12). The number of carbonyl (C=O) groups is 2. The smallest absolute Gasteiger partial charge is 0.222 e. The van der Waals surface area contributed by atoms with E-state index in [4.69, 9.17) is 9.47 Å². The molecule has 14 heavy (non-hydrogen) atoms. The molecule has 5 nitrogen and oxygen atoms in total. The lowest BCUT2D eigenvalue weighted by Crippen LogP contribution is -2.36. The van der Waals surface area contributed by atoms with Crippen LogP contribution >= 0.6 is 0 Å². The van der Waals surface area contributed by atoms with Crippen LogP contribution in [0.15, 0.2) is 0 Å². The molecule has 1 aliphatic rings. The quantitative estimate of drug-likeness (QED) is 0.588. The predicted octanol–water partition coefficient (Wildman–Crippen LogP) is -0.503. The van der Waals surface area contributed by atoms with Crippen molar-refractivity contribution in [3.05, 3.63) is 0 Å². The molecule has 1 aliphatic heterocycles. The van der Waals surface area contributed by atoms with Gasteiger partial charge in [0.15, 0.2) is 5.78 Å². The maximum Gasteiger partial charge on any atom is 0.222 e. The minimum Gasteiger partial charge on any atom is -0.384 e. The number of carbonyl (C=O) groups excluding carboxylic acids is 2. The molecular formula is C9H15NO4. The zero-order valence-corrected chi connectivity index (χ0v) is 8.46. The van der Waals surface area contributed by atoms with Gasteiger partial charge in [0.1, 0.15) is 5.60 Å². The molecule has 80 valence electrons. The number of ether oxygens (including phenoxy) is 2. The Morgan fingerprint density at radius 3 is 2.71 bits per heavy atom. The number of amides is 1. The lowest BCUT2D eigenvalue weighted by atomic mass is 10.1. The molecule has 0 aliphatic carbocycles. The zero-order valence-electron chi connectivity index (χ0n) is 8.46. The van der Waals surface area contributed by atoms with Crippen LogP contribution in [0.3, 0.4) is 0 Å². The van der Waals surface area contributed by atoms with Gasteiger partial charge >= 0.3 is 0 Å². The summed E-state index contributed by atoms with van der Waals surface area (Å²) >= 11 is 0. The van der Waals surface area contributed by atoms with Crippen molar-refractivity contribution < 1.29 is 19.1 Å². The summed E-state index contributed by atoms with van der Waals surface area (Å²) in [5.74, 6) is -0.257. The van der Waals surface area contributed by atoms with E-state index in [1.165, 1.54) is 7.11 Å². The van der Waals surface area contributed by atoms with Gasteiger partial charge in [0.2, 0.25) is 5.91 Å². The fourth-order valence-electron chi connectivity index (χ4n) is 0.918. The average molecular weight is 201 g/mol. The van der Waals surface area contributed by atoms with Crippen molar-refractivity contribution in [2.24, 2.45) is 0 Å². The Labute approximate surface area is 82.8 Å². The van der Waals surface area contributed by atoms with Gasteiger partial charge < -0.3 is 14.8 Å². The second kappa shape index (κ2) is 4.52. The summed E-state index contributed by atoms with van der Waals surface area (Å²) in [6.45, 7) is 2.59. The molecule has 1 saturated heterocycles. The predicted molar refractivity (Wildman–Crippen MR) is 48.9 cm³/mol. The second-order valence-corrected chi connectivity index (χ2v) is 3.46. The summed E-state index contributed by atoms with van der Waals surface area (Å²) in [5, 5.41) is 2.52. The van der Waals surface area contributed by atoms with Crippen LogP contribution in [-0.4, -0.2) is 44.2 Å². The number of rotatable bonds is 6. The summed E-state index contributed by atoms with van der Waals surface area (Å²) in [6.07, 6.45) is 0.279. The van der Waals surface area contributed by atoms with Crippen molar-refractivity contribution in [3.8, 4) is 0 Å². The number of epoxide rings is 1. The van der Waals surface area contributed by atoms with Crippen molar-refractivity contribution in [3.63, 3.8) is 0 Å². The Morgan fingerprint density at radius 1 is 1.57 bits per heavy atom. The summed E-state index contributed by atoms with van der Waals surface area (Å²) in [4.78, 5) is 22.4. The summed E-state index contributed by atoms with van der Waals surface area (Å²) in [5.41, 5.74) is -0.644. The van der Waals surface area contributed by atoms with Crippen LogP contribution in [0.5, 0.6) is 0 Å². The fourth-order valence-corrected chi connectivity index (χ4v) is 0.918. The lowest BCUT2D eigenvalue weighted by molar-refractivity contribution is -0.127. The summed E-state index contributed by atoms with van der Waals surface area (Å²) in [6, 6.07) is 0. The van der Waals surface area contributed by atoms with Gasteiger partial charge in [-0.1, -0.05) is 0 Å². The largest absolute Gasteiger partial charge is 0.384 e. The van der Waals surface area contributed by atoms with Gasteiger partial charge in [0.25, 0.3) is 0 Å². The molecule has 1 heterocycles. The van der Waals surface area contributed by atoms with Crippen molar-refractivity contribution in [2.75, 3.05) is 26.9 Å². The average Bonchev–Trinajstić information content (AvgIpc) is 2.90. The van der Waals surface area contributed by atoms with Gasteiger partial charge in [-0.15, -0.1) is 0 Å².